The molecule has 8 rings (SSSR count). The van der Waals surface area contributed by atoms with Gasteiger partial charge in [-0.25, -0.2) is 9.97 Å². The highest BCUT2D eigenvalue weighted by molar-refractivity contribution is 7.04. The zero-order valence-electron chi connectivity index (χ0n) is 24.3. The Bertz CT molecular complexity index is 2160. The van der Waals surface area contributed by atoms with Crippen molar-refractivity contribution < 1.29 is 0 Å². The molecule has 3 heteroatoms. The third kappa shape index (κ3) is 4.32. The Balaban J connectivity index is 1.25. The summed E-state index contributed by atoms with van der Waals surface area (Å²) in [6.45, 7) is 4.85. The van der Waals surface area contributed by atoms with Gasteiger partial charge in [0, 0.05) is 11.1 Å². The molecule has 1 aromatic heterocycles. The van der Waals surface area contributed by atoms with Gasteiger partial charge >= 0.3 is 0 Å². The summed E-state index contributed by atoms with van der Waals surface area (Å²) in [7, 11) is -1.98. The van der Waals surface area contributed by atoms with E-state index in [0.717, 1.165) is 33.9 Å². The first kappa shape index (κ1) is 25.6. The molecule has 0 aliphatic carbocycles. The van der Waals surface area contributed by atoms with Crippen molar-refractivity contribution in [2.24, 2.45) is 0 Å². The Morgan fingerprint density at radius 3 is 1.74 bits per heavy atom. The zero-order chi connectivity index (χ0) is 29.0. The second-order valence-electron chi connectivity index (χ2n) is 11.9. The van der Waals surface area contributed by atoms with Crippen molar-refractivity contribution in [1.29, 1.82) is 0 Å². The maximum atomic E-state index is 5.32. The highest BCUT2D eigenvalue weighted by Gasteiger charge is 2.41. The van der Waals surface area contributed by atoms with Gasteiger partial charge < -0.3 is 0 Å². The normalized spacial score (nSPS) is 13.1. The Hall–Kier alpha value is -5.12. The van der Waals surface area contributed by atoms with Gasteiger partial charge in [-0.05, 0) is 67.2 Å². The monoisotopic (exact) mass is 566 g/mol. The van der Waals surface area contributed by atoms with Crippen LogP contribution in [0.25, 0.3) is 66.9 Å². The molecule has 0 N–H and O–H groups in total. The van der Waals surface area contributed by atoms with Crippen LogP contribution in [-0.2, 0) is 0 Å². The van der Waals surface area contributed by atoms with Crippen LogP contribution in [0.5, 0.6) is 0 Å². The molecule has 6 aromatic carbocycles. The fourth-order valence-corrected chi connectivity index (χ4v) is 9.87. The summed E-state index contributed by atoms with van der Waals surface area (Å²) < 4.78 is 0. The van der Waals surface area contributed by atoms with E-state index in [2.05, 4.69) is 159 Å². The molecule has 0 bridgehead atoms. The third-order valence-corrected chi connectivity index (χ3v) is 12.3. The van der Waals surface area contributed by atoms with Crippen LogP contribution in [0.15, 0.2) is 146 Å². The molecule has 7 aromatic rings. The summed E-state index contributed by atoms with van der Waals surface area (Å²) >= 11 is 0. The van der Waals surface area contributed by atoms with E-state index in [1.165, 1.54) is 43.4 Å². The summed E-state index contributed by atoms with van der Waals surface area (Å²) in [5.74, 6) is 0.770. The van der Waals surface area contributed by atoms with Crippen molar-refractivity contribution in [3.63, 3.8) is 0 Å². The van der Waals surface area contributed by atoms with Gasteiger partial charge in [0.05, 0.1) is 11.4 Å². The Morgan fingerprint density at radius 1 is 0.419 bits per heavy atom. The summed E-state index contributed by atoms with van der Waals surface area (Å²) in [5.41, 5.74) is 10.4. The van der Waals surface area contributed by atoms with Gasteiger partial charge in [-0.3, -0.25) is 0 Å². The number of fused-ring (bicyclic) bond motifs is 4. The number of aromatic nitrogens is 2. The van der Waals surface area contributed by atoms with E-state index < -0.39 is 8.07 Å². The third-order valence-electron chi connectivity index (χ3n) is 8.84. The van der Waals surface area contributed by atoms with Crippen LogP contribution < -0.4 is 10.4 Å². The van der Waals surface area contributed by atoms with E-state index in [4.69, 9.17) is 9.97 Å². The molecular formula is C40H30N2Si. The Kier molecular flexibility index (Phi) is 5.95. The maximum Gasteiger partial charge on any atom is 0.160 e. The molecule has 1 aliphatic rings. The minimum absolute atomic E-state index is 0.770. The average molecular weight is 567 g/mol. The fraction of sp³-hybridized carbons (Fsp3) is 0.0500. The Labute approximate surface area is 253 Å². The van der Waals surface area contributed by atoms with Crippen molar-refractivity contribution >= 4 is 29.2 Å². The van der Waals surface area contributed by atoms with Gasteiger partial charge in [-0.15, -0.1) is 0 Å². The first-order valence-electron chi connectivity index (χ1n) is 14.8. The molecule has 43 heavy (non-hydrogen) atoms. The first-order valence-corrected chi connectivity index (χ1v) is 17.8. The zero-order valence-corrected chi connectivity index (χ0v) is 25.3. The van der Waals surface area contributed by atoms with Crippen molar-refractivity contribution in [3.05, 3.63) is 146 Å². The van der Waals surface area contributed by atoms with Gasteiger partial charge in [0.2, 0.25) is 0 Å². The standard InChI is InChI=1S/C40H30N2Si/c1-43(2)36-21-9-8-20-35(36)38-39(43)37(28-13-4-3-5-14-28)41-40(42-38)34-19-11-18-32(26-34)30-16-10-17-31(25-30)33-23-22-27-12-6-7-15-29(27)24-33/h3-26H,1-2H3. The Morgan fingerprint density at radius 2 is 0.977 bits per heavy atom. The first-order chi connectivity index (χ1) is 21.1. The lowest BCUT2D eigenvalue weighted by atomic mass is 9.96. The highest BCUT2D eigenvalue weighted by Crippen LogP contribution is 2.35. The molecule has 0 saturated carbocycles. The molecule has 0 radical (unpaired) electrons. The second kappa shape index (κ2) is 10.0. The molecule has 0 fully saturated rings. The number of hydrogen-bond acceptors (Lipinski definition) is 2. The summed E-state index contributed by atoms with van der Waals surface area (Å²) in [6, 6.07) is 52.1. The van der Waals surface area contributed by atoms with E-state index in [1.54, 1.807) is 0 Å². The van der Waals surface area contributed by atoms with Gasteiger partial charge in [0.15, 0.2) is 5.82 Å². The fourth-order valence-electron chi connectivity index (χ4n) is 6.64. The number of nitrogens with zero attached hydrogens (tertiary/aromatic N) is 2. The maximum absolute atomic E-state index is 5.32. The average Bonchev–Trinajstić information content (AvgIpc) is 3.31. The summed E-state index contributed by atoms with van der Waals surface area (Å²) in [6.07, 6.45) is 0. The number of benzene rings is 6. The number of rotatable bonds is 4. The summed E-state index contributed by atoms with van der Waals surface area (Å²) in [4.78, 5) is 10.6. The predicted octanol–water partition coefficient (Wildman–Crippen LogP) is 9.10. The van der Waals surface area contributed by atoms with Crippen molar-refractivity contribution in [2.75, 3.05) is 0 Å². The molecule has 2 nitrogen and oxygen atoms in total. The quantitative estimate of drug-likeness (QED) is 0.199. The van der Waals surface area contributed by atoms with Crippen LogP contribution in [-0.4, -0.2) is 18.0 Å². The number of hydrogen-bond donors (Lipinski definition) is 0. The molecule has 0 saturated heterocycles. The van der Waals surface area contributed by atoms with Crippen molar-refractivity contribution in [3.8, 4) is 56.2 Å². The highest BCUT2D eigenvalue weighted by atomic mass is 28.3. The van der Waals surface area contributed by atoms with Crippen LogP contribution in [0.3, 0.4) is 0 Å². The lowest BCUT2D eigenvalue weighted by molar-refractivity contribution is 1.20. The minimum Gasteiger partial charge on any atom is -0.228 e. The lowest BCUT2D eigenvalue weighted by Crippen LogP contribution is -2.50. The SMILES string of the molecule is C[Si]1(C)c2ccccc2-c2nc(-c3cccc(-c4cccc(-c5ccc6ccccc6c5)c4)c3)nc(-c3ccccc3)c21. The molecule has 0 atom stereocenters. The van der Waals surface area contributed by atoms with Crippen molar-refractivity contribution in [2.45, 2.75) is 13.1 Å². The van der Waals surface area contributed by atoms with E-state index in [1.807, 2.05) is 0 Å². The molecule has 1 aliphatic heterocycles. The molecule has 0 spiro atoms. The van der Waals surface area contributed by atoms with Gasteiger partial charge in [0.1, 0.15) is 8.07 Å². The van der Waals surface area contributed by atoms with Gasteiger partial charge in [0.25, 0.3) is 0 Å². The van der Waals surface area contributed by atoms with Crippen molar-refractivity contribution in [1.82, 2.24) is 9.97 Å². The lowest BCUT2D eigenvalue weighted by Gasteiger charge is -2.21. The molecule has 0 amide bonds. The molecular weight excluding hydrogens is 537 g/mol. The van der Waals surface area contributed by atoms with Crippen LogP contribution in [0.4, 0.5) is 0 Å². The molecule has 0 unspecified atom stereocenters. The van der Waals surface area contributed by atoms with Crippen LogP contribution in [0, 0.1) is 0 Å². The largest absolute Gasteiger partial charge is 0.228 e. The van der Waals surface area contributed by atoms with E-state index in [-0.39, 0.29) is 0 Å². The smallest absolute Gasteiger partial charge is 0.160 e. The van der Waals surface area contributed by atoms with Crippen LogP contribution >= 0.6 is 0 Å². The van der Waals surface area contributed by atoms with Gasteiger partial charge in [-0.1, -0.05) is 140 Å². The van der Waals surface area contributed by atoms with E-state index in [9.17, 15) is 0 Å². The topological polar surface area (TPSA) is 25.8 Å². The second-order valence-corrected chi connectivity index (χ2v) is 16.2. The molecule has 204 valence electrons. The predicted molar refractivity (Wildman–Crippen MR) is 183 cm³/mol. The summed E-state index contributed by atoms with van der Waals surface area (Å²) in [5, 5.41) is 5.28. The van der Waals surface area contributed by atoms with E-state index in [0.29, 0.717) is 0 Å². The van der Waals surface area contributed by atoms with Crippen LogP contribution in [0.2, 0.25) is 13.1 Å². The molecule has 2 heterocycles. The van der Waals surface area contributed by atoms with Crippen LogP contribution in [0.1, 0.15) is 0 Å². The van der Waals surface area contributed by atoms with E-state index >= 15 is 0 Å². The van der Waals surface area contributed by atoms with Gasteiger partial charge in [-0.2, -0.15) is 0 Å². The minimum atomic E-state index is -1.98.